The van der Waals surface area contributed by atoms with E-state index in [1.54, 1.807) is 73.9 Å². The molecular weight excluding hydrogens is 527 g/mol. The van der Waals surface area contributed by atoms with Crippen LogP contribution in [0.4, 0.5) is 20.7 Å². The molecular formula is C30H31FN6O4. The SMILES string of the molecule is Cn1ncc(-c2ccc3c(=O)[nH]nc(CNC(=O)OC(C)(C)C)c3c2)c1N1C(=O)C2(CCCC2)c2c(F)cccc21. The number of H-pyrrole nitrogens is 1. The van der Waals surface area contributed by atoms with Crippen LogP contribution in [0, 0.1) is 5.82 Å². The summed E-state index contributed by atoms with van der Waals surface area (Å²) in [6.07, 6.45) is 3.96. The number of halogens is 1. The van der Waals surface area contributed by atoms with Crippen LogP contribution in [0.5, 0.6) is 0 Å². The predicted molar refractivity (Wildman–Crippen MR) is 151 cm³/mol. The largest absolute Gasteiger partial charge is 0.444 e. The molecule has 212 valence electrons. The molecule has 0 radical (unpaired) electrons. The smallest absolute Gasteiger partial charge is 0.407 e. The number of nitrogens with zero attached hydrogens (tertiary/aromatic N) is 4. The van der Waals surface area contributed by atoms with Crippen molar-refractivity contribution in [3.63, 3.8) is 0 Å². The number of hydrogen-bond acceptors (Lipinski definition) is 6. The minimum absolute atomic E-state index is 0.0192. The third-order valence-electron chi connectivity index (χ3n) is 7.88. The molecule has 1 spiro atoms. The van der Waals surface area contributed by atoms with Crippen molar-refractivity contribution in [2.75, 3.05) is 4.90 Å². The highest BCUT2D eigenvalue weighted by Crippen LogP contribution is 2.55. The molecule has 10 nitrogen and oxygen atoms in total. The van der Waals surface area contributed by atoms with Gasteiger partial charge in [-0.15, -0.1) is 0 Å². The minimum atomic E-state index is -0.886. The molecule has 11 heteroatoms. The molecule has 0 atom stereocenters. The number of aromatic nitrogens is 4. The third-order valence-corrected chi connectivity index (χ3v) is 7.88. The van der Waals surface area contributed by atoms with Gasteiger partial charge in [-0.25, -0.2) is 14.3 Å². The van der Waals surface area contributed by atoms with Gasteiger partial charge in [0.05, 0.1) is 34.9 Å². The highest BCUT2D eigenvalue weighted by molar-refractivity contribution is 6.14. The van der Waals surface area contributed by atoms with E-state index in [1.165, 1.54) is 6.07 Å². The average Bonchev–Trinajstić information content (AvgIpc) is 3.61. The Bertz CT molecular complexity index is 1760. The van der Waals surface area contributed by atoms with E-state index in [0.717, 1.165) is 12.8 Å². The number of anilines is 2. The quantitative estimate of drug-likeness (QED) is 0.364. The highest BCUT2D eigenvalue weighted by Gasteiger charge is 2.55. The standard InChI is InChI=1S/C30H31FN6O4/c1-29(2,3)41-28(40)32-16-22-19-14-17(10-11-18(19)25(38)35-34-22)20-15-33-36(4)26(20)37-23-9-7-8-21(31)24(23)30(27(37)39)12-5-6-13-30/h7-11,14-15H,5-6,12-13,16H2,1-4H3,(H,32,40)(H,35,38). The number of carbonyl (C=O) groups excluding carboxylic acids is 2. The zero-order valence-corrected chi connectivity index (χ0v) is 23.4. The van der Waals surface area contributed by atoms with E-state index in [0.29, 0.717) is 57.5 Å². The second-order valence-corrected chi connectivity index (χ2v) is 11.7. The van der Waals surface area contributed by atoms with Crippen molar-refractivity contribution in [2.45, 2.75) is 64.0 Å². The summed E-state index contributed by atoms with van der Waals surface area (Å²) in [6.45, 7) is 5.32. The molecule has 2 amide bonds. The lowest BCUT2D eigenvalue weighted by atomic mass is 9.80. The van der Waals surface area contributed by atoms with Crippen LogP contribution < -0.4 is 15.8 Å². The first-order valence-corrected chi connectivity index (χ1v) is 13.6. The van der Waals surface area contributed by atoms with Gasteiger partial charge in [0.25, 0.3) is 5.56 Å². The molecule has 1 saturated carbocycles. The first kappa shape index (κ1) is 26.7. The maximum Gasteiger partial charge on any atom is 0.407 e. The first-order valence-electron chi connectivity index (χ1n) is 13.6. The number of aromatic amines is 1. The Balaban J connectivity index is 1.44. The highest BCUT2D eigenvalue weighted by atomic mass is 19.1. The van der Waals surface area contributed by atoms with Crippen LogP contribution in [0.15, 0.2) is 47.4 Å². The number of fused-ring (bicyclic) bond motifs is 3. The summed E-state index contributed by atoms with van der Waals surface area (Å²) in [4.78, 5) is 40.6. The normalized spacial score (nSPS) is 16.0. The lowest BCUT2D eigenvalue weighted by Crippen LogP contribution is -2.37. The number of hydrogen-bond donors (Lipinski definition) is 2. The molecule has 0 saturated heterocycles. The fourth-order valence-electron chi connectivity index (χ4n) is 6.15. The Morgan fingerprint density at radius 3 is 2.63 bits per heavy atom. The molecule has 6 rings (SSSR count). The molecule has 1 aliphatic heterocycles. The van der Waals surface area contributed by atoms with E-state index in [4.69, 9.17) is 4.74 Å². The Kier molecular flexibility index (Phi) is 6.20. The van der Waals surface area contributed by atoms with Crippen molar-refractivity contribution < 1.29 is 18.7 Å². The number of carbonyl (C=O) groups is 2. The number of alkyl carbamates (subject to hydrolysis) is 1. The van der Waals surface area contributed by atoms with Gasteiger partial charge in [-0.3, -0.25) is 19.2 Å². The summed E-state index contributed by atoms with van der Waals surface area (Å²) in [6, 6.07) is 10.1. The van der Waals surface area contributed by atoms with Crippen LogP contribution in [0.2, 0.25) is 0 Å². The van der Waals surface area contributed by atoms with Gasteiger partial charge in [0, 0.05) is 23.6 Å². The molecule has 2 aliphatic rings. The van der Waals surface area contributed by atoms with Crippen molar-refractivity contribution in [3.8, 4) is 11.1 Å². The van der Waals surface area contributed by atoms with E-state index in [2.05, 4.69) is 20.6 Å². The second-order valence-electron chi connectivity index (χ2n) is 11.7. The van der Waals surface area contributed by atoms with Crippen LogP contribution in [0.1, 0.15) is 57.7 Å². The zero-order chi connectivity index (χ0) is 29.1. The first-order chi connectivity index (χ1) is 19.5. The Hall–Kier alpha value is -4.54. The Morgan fingerprint density at radius 1 is 1.15 bits per heavy atom. The van der Waals surface area contributed by atoms with Crippen LogP contribution in [-0.4, -0.2) is 37.6 Å². The second kappa shape index (κ2) is 9.53. The van der Waals surface area contributed by atoms with Crippen molar-refractivity contribution >= 4 is 34.3 Å². The van der Waals surface area contributed by atoms with Crippen molar-refractivity contribution in [1.82, 2.24) is 25.3 Å². The summed E-state index contributed by atoms with van der Waals surface area (Å²) in [5, 5.41) is 14.7. The number of rotatable bonds is 4. The lowest BCUT2D eigenvalue weighted by Gasteiger charge is -2.24. The van der Waals surface area contributed by atoms with Crippen molar-refractivity contribution in [3.05, 3.63) is 70.0 Å². The summed E-state index contributed by atoms with van der Waals surface area (Å²) in [5.41, 5.74) is 0.823. The molecule has 4 aromatic rings. The molecule has 0 bridgehead atoms. The van der Waals surface area contributed by atoms with E-state index < -0.39 is 17.1 Å². The van der Waals surface area contributed by atoms with Gasteiger partial charge >= 0.3 is 6.09 Å². The zero-order valence-electron chi connectivity index (χ0n) is 23.4. The maximum atomic E-state index is 15.3. The minimum Gasteiger partial charge on any atom is -0.444 e. The molecule has 0 unspecified atom stereocenters. The molecule has 3 heterocycles. The molecule has 2 N–H and O–H groups in total. The monoisotopic (exact) mass is 558 g/mol. The molecule has 2 aromatic carbocycles. The van der Waals surface area contributed by atoms with Crippen LogP contribution in [-0.2, 0) is 28.5 Å². The van der Waals surface area contributed by atoms with Gasteiger partial charge in [0.15, 0.2) is 0 Å². The molecule has 41 heavy (non-hydrogen) atoms. The van der Waals surface area contributed by atoms with Crippen molar-refractivity contribution in [1.29, 1.82) is 0 Å². The summed E-state index contributed by atoms with van der Waals surface area (Å²) in [7, 11) is 1.74. The van der Waals surface area contributed by atoms with Gasteiger partial charge in [-0.1, -0.05) is 25.0 Å². The Labute approximate surface area is 235 Å². The van der Waals surface area contributed by atoms with Gasteiger partial charge in [0.2, 0.25) is 5.91 Å². The van der Waals surface area contributed by atoms with E-state index in [9.17, 15) is 14.4 Å². The van der Waals surface area contributed by atoms with Gasteiger partial charge in [-0.05, 0) is 63.4 Å². The summed E-state index contributed by atoms with van der Waals surface area (Å²) >= 11 is 0. The number of benzene rings is 2. The molecule has 1 aliphatic carbocycles. The van der Waals surface area contributed by atoms with Crippen molar-refractivity contribution in [2.24, 2.45) is 7.05 Å². The van der Waals surface area contributed by atoms with Gasteiger partial charge in [-0.2, -0.15) is 10.2 Å². The van der Waals surface area contributed by atoms with Gasteiger partial charge in [0.1, 0.15) is 17.2 Å². The fraction of sp³-hybridized carbons (Fsp3) is 0.367. The fourth-order valence-corrected chi connectivity index (χ4v) is 6.15. The van der Waals surface area contributed by atoms with Crippen LogP contribution in [0.25, 0.3) is 21.9 Å². The molecule has 1 fully saturated rings. The maximum absolute atomic E-state index is 15.3. The van der Waals surface area contributed by atoms with E-state index >= 15 is 4.39 Å². The number of amides is 2. The van der Waals surface area contributed by atoms with E-state index in [-0.39, 0.29) is 23.8 Å². The van der Waals surface area contributed by atoms with Crippen LogP contribution >= 0.6 is 0 Å². The molecule has 2 aromatic heterocycles. The average molecular weight is 559 g/mol. The predicted octanol–water partition coefficient (Wildman–Crippen LogP) is 4.98. The number of aryl methyl sites for hydroxylation is 1. The lowest BCUT2D eigenvalue weighted by molar-refractivity contribution is -0.122. The Morgan fingerprint density at radius 2 is 1.90 bits per heavy atom. The number of nitrogens with one attached hydrogen (secondary N) is 2. The summed E-state index contributed by atoms with van der Waals surface area (Å²) in [5.74, 6) is -0.0144. The van der Waals surface area contributed by atoms with E-state index in [1.807, 2.05) is 0 Å². The van der Waals surface area contributed by atoms with Gasteiger partial charge < -0.3 is 10.1 Å². The topological polar surface area (TPSA) is 122 Å². The summed E-state index contributed by atoms with van der Waals surface area (Å²) < 4.78 is 22.2. The number of ether oxygens (including phenoxy) is 1. The van der Waals surface area contributed by atoms with Crippen LogP contribution in [0.3, 0.4) is 0 Å². The third kappa shape index (κ3) is 4.36.